The van der Waals surface area contributed by atoms with Crippen molar-refractivity contribution < 1.29 is 42.1 Å². The van der Waals surface area contributed by atoms with Crippen molar-refractivity contribution in [2.75, 3.05) is 47.5 Å². The molecule has 0 saturated heterocycles. The van der Waals surface area contributed by atoms with Crippen molar-refractivity contribution in [1.29, 1.82) is 0 Å². The Morgan fingerprint density at radius 2 is 0.620 bits per heavy atom. The van der Waals surface area contributed by atoms with Gasteiger partial charge in [-0.1, -0.05) is 363 Å². The normalized spacial score (nSPS) is 13.4. The van der Waals surface area contributed by atoms with Crippen LogP contribution in [0.2, 0.25) is 0 Å². The number of carbonyl (C=O) groups excluding carboxylic acids is 2. The van der Waals surface area contributed by atoms with Crippen LogP contribution in [-0.4, -0.2) is 74.9 Å². The predicted molar refractivity (Wildman–Crippen MR) is 399 cm³/mol. The largest absolute Gasteiger partial charge is 0.472 e. The van der Waals surface area contributed by atoms with Crippen molar-refractivity contribution in [2.24, 2.45) is 0 Å². The van der Waals surface area contributed by atoms with Crippen LogP contribution in [0.4, 0.5) is 0 Å². The molecule has 0 aliphatic carbocycles. The van der Waals surface area contributed by atoms with Gasteiger partial charge in [-0.3, -0.25) is 18.6 Å². The van der Waals surface area contributed by atoms with Gasteiger partial charge in [-0.15, -0.1) is 0 Å². The molecule has 0 rings (SSSR count). The topological polar surface area (TPSA) is 108 Å². The number of rotatable bonds is 74. The maximum atomic E-state index is 12.9. The molecule has 92 heavy (non-hydrogen) atoms. The summed E-state index contributed by atoms with van der Waals surface area (Å²) in [5.41, 5.74) is 0. The summed E-state index contributed by atoms with van der Waals surface area (Å²) in [5, 5.41) is 0. The third-order valence-corrected chi connectivity index (χ3v) is 18.7. The Labute approximate surface area is 571 Å². The van der Waals surface area contributed by atoms with E-state index in [0.717, 1.165) is 64.2 Å². The number of carbonyl (C=O) groups is 2. The highest BCUT2D eigenvalue weighted by atomic mass is 31.2. The number of allylic oxidation sites excluding steroid dienone is 12. The number of ether oxygens (including phenoxy) is 2. The van der Waals surface area contributed by atoms with E-state index in [0.29, 0.717) is 23.9 Å². The van der Waals surface area contributed by atoms with Crippen molar-refractivity contribution in [3.8, 4) is 0 Å². The average molecular weight is 1310 g/mol. The van der Waals surface area contributed by atoms with Crippen LogP contribution in [0.3, 0.4) is 0 Å². The Hall–Kier alpha value is -2.55. The number of quaternary nitrogens is 1. The van der Waals surface area contributed by atoms with Gasteiger partial charge < -0.3 is 18.9 Å². The highest BCUT2D eigenvalue weighted by molar-refractivity contribution is 7.47. The van der Waals surface area contributed by atoms with Gasteiger partial charge in [0, 0.05) is 12.8 Å². The van der Waals surface area contributed by atoms with E-state index in [1.165, 1.54) is 289 Å². The van der Waals surface area contributed by atoms with Gasteiger partial charge in [-0.25, -0.2) is 4.57 Å². The second kappa shape index (κ2) is 72.7. The molecule has 0 saturated carbocycles. The zero-order valence-electron chi connectivity index (χ0n) is 61.5. The van der Waals surface area contributed by atoms with Crippen molar-refractivity contribution in [3.63, 3.8) is 0 Å². The van der Waals surface area contributed by atoms with Crippen molar-refractivity contribution >= 4 is 19.8 Å². The molecule has 1 N–H and O–H groups in total. The SMILES string of the molecule is CC/C=C\C/C=C\C/C=C\C/C=C\C/C=C\CCCCCCCCCCCCCCCCCCCC(=O)OC(COC(=O)CCCCCCCCCCCCCCCCCCCCCCCCC/C=C\CCCCCCCCCC)COP(=O)(O)OCC[N+](C)(C)C. The molecule has 0 fully saturated rings. The third-order valence-electron chi connectivity index (χ3n) is 17.7. The minimum Gasteiger partial charge on any atom is -0.462 e. The van der Waals surface area contributed by atoms with Gasteiger partial charge in [0.1, 0.15) is 19.8 Å². The fourth-order valence-electron chi connectivity index (χ4n) is 11.7. The highest BCUT2D eigenvalue weighted by Crippen LogP contribution is 2.43. The van der Waals surface area contributed by atoms with Crippen LogP contribution in [0.25, 0.3) is 0 Å². The summed E-state index contributed by atoms with van der Waals surface area (Å²) in [4.78, 5) is 36.0. The van der Waals surface area contributed by atoms with E-state index in [-0.39, 0.29) is 25.6 Å². The molecule has 2 unspecified atom stereocenters. The Balaban J connectivity index is 3.93. The number of nitrogens with zero attached hydrogens (tertiary/aromatic N) is 1. The zero-order valence-corrected chi connectivity index (χ0v) is 62.4. The number of esters is 2. The molecule has 538 valence electrons. The van der Waals surface area contributed by atoms with E-state index in [1.807, 2.05) is 21.1 Å². The Bertz CT molecular complexity index is 1780. The number of hydrogen-bond donors (Lipinski definition) is 1. The van der Waals surface area contributed by atoms with E-state index >= 15 is 0 Å². The molecule has 0 aromatic carbocycles. The monoisotopic (exact) mass is 1310 g/mol. The van der Waals surface area contributed by atoms with E-state index in [2.05, 4.69) is 86.8 Å². The number of hydrogen-bond acceptors (Lipinski definition) is 7. The molecule has 0 aliphatic heterocycles. The standard InChI is InChI=1S/C82H152NO8P/c1-6-8-10-12-14-16-18-20-22-24-26-28-30-32-34-36-38-40-41-43-44-46-48-50-52-54-56-58-60-62-64-66-68-70-72-74-81(84)88-78-80(79-90-92(86,87)89-77-76-83(3,4)5)91-82(85)75-73-71-69-67-65-63-61-59-57-55-53-51-49-47-45-42-39-37-35-33-31-29-27-25-23-21-19-17-15-13-11-9-7-2/h9,11,15,17,21,23-24,26-27,29,33,35,80H,6-8,10,12-14,16,18-20,22,25,28,30-32,34,36-79H2,1-5H3/p+1/b11-9-,17-15-,23-21-,26-24-,29-27-,35-33-. The van der Waals surface area contributed by atoms with Crippen LogP contribution in [0.5, 0.6) is 0 Å². The van der Waals surface area contributed by atoms with E-state index in [9.17, 15) is 19.0 Å². The minimum absolute atomic E-state index is 0.0327. The van der Waals surface area contributed by atoms with Gasteiger partial charge >= 0.3 is 19.8 Å². The van der Waals surface area contributed by atoms with Crippen molar-refractivity contribution in [3.05, 3.63) is 72.9 Å². The Morgan fingerprint density at radius 1 is 0.348 bits per heavy atom. The molecule has 0 radical (unpaired) electrons. The van der Waals surface area contributed by atoms with E-state index < -0.39 is 26.5 Å². The van der Waals surface area contributed by atoms with Crippen LogP contribution < -0.4 is 0 Å². The first-order chi connectivity index (χ1) is 45.0. The lowest BCUT2D eigenvalue weighted by atomic mass is 10.0. The van der Waals surface area contributed by atoms with Gasteiger partial charge in [0.05, 0.1) is 27.7 Å². The molecular formula is C82H153NO8P+. The fourth-order valence-corrected chi connectivity index (χ4v) is 12.4. The summed E-state index contributed by atoms with van der Waals surface area (Å²) in [6.45, 7) is 4.38. The summed E-state index contributed by atoms with van der Waals surface area (Å²) in [5.74, 6) is -0.778. The summed E-state index contributed by atoms with van der Waals surface area (Å²) in [7, 11) is 1.49. The first-order valence-corrected chi connectivity index (χ1v) is 41.2. The van der Waals surface area contributed by atoms with Crippen LogP contribution in [-0.2, 0) is 32.7 Å². The summed E-state index contributed by atoms with van der Waals surface area (Å²) < 4.78 is 34.8. The summed E-state index contributed by atoms with van der Waals surface area (Å²) >= 11 is 0. The molecule has 0 aliphatic rings. The summed E-state index contributed by atoms with van der Waals surface area (Å²) in [6.07, 6.45) is 99.1. The molecule has 0 heterocycles. The smallest absolute Gasteiger partial charge is 0.462 e. The Morgan fingerprint density at radius 3 is 0.935 bits per heavy atom. The molecule has 0 aromatic rings. The fraction of sp³-hybridized carbons (Fsp3) is 0.829. The first kappa shape index (κ1) is 89.5. The third kappa shape index (κ3) is 76.5. The van der Waals surface area contributed by atoms with Crippen LogP contribution in [0.1, 0.15) is 386 Å². The second-order valence-electron chi connectivity index (χ2n) is 28.1. The predicted octanol–water partition coefficient (Wildman–Crippen LogP) is 26.3. The lowest BCUT2D eigenvalue weighted by Crippen LogP contribution is -2.37. The lowest BCUT2D eigenvalue weighted by molar-refractivity contribution is -0.870. The van der Waals surface area contributed by atoms with E-state index in [1.54, 1.807) is 0 Å². The number of phosphoric ester groups is 1. The molecule has 0 amide bonds. The molecule has 0 bridgehead atoms. The maximum absolute atomic E-state index is 12.9. The van der Waals surface area contributed by atoms with Gasteiger partial charge in [-0.05, 0) is 83.5 Å². The Kier molecular flexibility index (Phi) is 70.7. The molecule has 10 heteroatoms. The molecular weight excluding hydrogens is 1160 g/mol. The minimum atomic E-state index is -4.40. The number of likely N-dealkylation sites (N-methyl/N-ethyl adjacent to an activating group) is 1. The number of unbranched alkanes of at least 4 members (excludes halogenated alkanes) is 48. The maximum Gasteiger partial charge on any atom is 0.472 e. The van der Waals surface area contributed by atoms with Crippen LogP contribution >= 0.6 is 7.82 Å². The summed E-state index contributed by atoms with van der Waals surface area (Å²) in [6, 6.07) is 0. The van der Waals surface area contributed by atoms with Crippen LogP contribution in [0.15, 0.2) is 72.9 Å². The van der Waals surface area contributed by atoms with Crippen molar-refractivity contribution in [2.45, 2.75) is 392 Å². The molecule has 0 aromatic heterocycles. The highest BCUT2D eigenvalue weighted by Gasteiger charge is 2.27. The van der Waals surface area contributed by atoms with Gasteiger partial charge in [-0.2, -0.15) is 0 Å². The molecule has 9 nitrogen and oxygen atoms in total. The quantitative estimate of drug-likeness (QED) is 0.0211. The first-order valence-electron chi connectivity index (χ1n) is 39.7. The van der Waals surface area contributed by atoms with Crippen molar-refractivity contribution in [1.82, 2.24) is 0 Å². The van der Waals surface area contributed by atoms with Gasteiger partial charge in [0.25, 0.3) is 0 Å². The average Bonchev–Trinajstić information content (AvgIpc) is 2.23. The van der Waals surface area contributed by atoms with Gasteiger partial charge in [0.2, 0.25) is 0 Å². The van der Waals surface area contributed by atoms with E-state index in [4.69, 9.17) is 18.5 Å². The van der Waals surface area contributed by atoms with Gasteiger partial charge in [0.15, 0.2) is 6.10 Å². The molecule has 2 atom stereocenters. The second-order valence-corrected chi connectivity index (χ2v) is 29.5. The molecule has 0 spiro atoms. The number of phosphoric acid groups is 1. The lowest BCUT2D eigenvalue weighted by Gasteiger charge is -2.24. The zero-order chi connectivity index (χ0) is 66.9. The van der Waals surface area contributed by atoms with Crippen LogP contribution in [0, 0.1) is 0 Å².